The summed E-state index contributed by atoms with van der Waals surface area (Å²) in [5, 5.41) is 36.2. The molecule has 0 saturated carbocycles. The van der Waals surface area contributed by atoms with E-state index in [0.717, 1.165) is 0 Å². The monoisotopic (exact) mass is 256 g/mol. The van der Waals surface area contributed by atoms with Crippen molar-refractivity contribution in [1.29, 1.82) is 0 Å². The SMILES string of the molecule is O=C(OCC(CO)(CO)CO)c1ccc(O)cc1. The van der Waals surface area contributed by atoms with Crippen LogP contribution in [0.5, 0.6) is 5.75 Å². The third-order valence-electron chi connectivity index (χ3n) is 2.62. The summed E-state index contributed by atoms with van der Waals surface area (Å²) in [5.74, 6) is -0.628. The highest BCUT2D eigenvalue weighted by Gasteiger charge is 2.30. The molecule has 100 valence electrons. The zero-order chi connectivity index (χ0) is 13.6. The molecular weight excluding hydrogens is 240 g/mol. The summed E-state index contributed by atoms with van der Waals surface area (Å²) in [4.78, 5) is 11.6. The molecular formula is C12H16O6. The summed E-state index contributed by atoms with van der Waals surface area (Å²) in [7, 11) is 0. The zero-order valence-corrected chi connectivity index (χ0v) is 9.74. The van der Waals surface area contributed by atoms with Gasteiger partial charge in [0.25, 0.3) is 0 Å². The Morgan fingerprint density at radius 2 is 1.56 bits per heavy atom. The van der Waals surface area contributed by atoms with Crippen LogP contribution in [-0.2, 0) is 4.74 Å². The number of ether oxygens (including phenoxy) is 1. The van der Waals surface area contributed by atoms with E-state index < -0.39 is 31.2 Å². The number of aliphatic hydroxyl groups excluding tert-OH is 3. The molecule has 0 atom stereocenters. The van der Waals surface area contributed by atoms with E-state index in [1.165, 1.54) is 24.3 Å². The predicted molar refractivity (Wildman–Crippen MR) is 62.1 cm³/mol. The summed E-state index contributed by atoms with van der Waals surface area (Å²) in [5.41, 5.74) is -1.01. The Morgan fingerprint density at radius 1 is 1.06 bits per heavy atom. The lowest BCUT2D eigenvalue weighted by Gasteiger charge is -2.26. The van der Waals surface area contributed by atoms with E-state index in [9.17, 15) is 4.79 Å². The number of phenols is 1. The van der Waals surface area contributed by atoms with E-state index >= 15 is 0 Å². The van der Waals surface area contributed by atoms with Crippen LogP contribution in [0, 0.1) is 5.41 Å². The van der Waals surface area contributed by atoms with Crippen molar-refractivity contribution in [1.82, 2.24) is 0 Å². The molecule has 0 spiro atoms. The highest BCUT2D eigenvalue weighted by atomic mass is 16.5. The Balaban J connectivity index is 2.63. The van der Waals surface area contributed by atoms with Crippen molar-refractivity contribution < 1.29 is 30.0 Å². The molecule has 0 amide bonds. The van der Waals surface area contributed by atoms with Gasteiger partial charge in [-0.15, -0.1) is 0 Å². The summed E-state index contributed by atoms with van der Waals surface area (Å²) in [6, 6.07) is 5.45. The number of esters is 1. The molecule has 18 heavy (non-hydrogen) atoms. The number of carbonyl (C=O) groups is 1. The maximum absolute atomic E-state index is 11.6. The van der Waals surface area contributed by atoms with E-state index in [1.807, 2.05) is 0 Å². The van der Waals surface area contributed by atoms with E-state index in [1.54, 1.807) is 0 Å². The summed E-state index contributed by atoms with van der Waals surface area (Å²) >= 11 is 0. The summed E-state index contributed by atoms with van der Waals surface area (Å²) < 4.78 is 4.91. The van der Waals surface area contributed by atoms with Crippen LogP contribution < -0.4 is 0 Å². The maximum atomic E-state index is 11.6. The molecule has 6 nitrogen and oxygen atoms in total. The van der Waals surface area contributed by atoms with Crippen molar-refractivity contribution in [2.75, 3.05) is 26.4 Å². The molecule has 0 aromatic heterocycles. The minimum atomic E-state index is -1.24. The van der Waals surface area contributed by atoms with E-state index in [4.69, 9.17) is 25.2 Å². The average molecular weight is 256 g/mol. The third kappa shape index (κ3) is 3.43. The van der Waals surface area contributed by atoms with Gasteiger partial charge in [0.1, 0.15) is 12.4 Å². The van der Waals surface area contributed by atoms with Crippen molar-refractivity contribution in [3.05, 3.63) is 29.8 Å². The number of benzene rings is 1. The average Bonchev–Trinajstić information content (AvgIpc) is 2.41. The smallest absolute Gasteiger partial charge is 0.338 e. The second kappa shape index (κ2) is 6.34. The van der Waals surface area contributed by atoms with Gasteiger partial charge in [-0.25, -0.2) is 4.79 Å². The second-order valence-electron chi connectivity index (χ2n) is 4.10. The van der Waals surface area contributed by atoms with Crippen LogP contribution in [0.25, 0.3) is 0 Å². The van der Waals surface area contributed by atoms with Crippen molar-refractivity contribution in [3.8, 4) is 5.75 Å². The highest BCUT2D eigenvalue weighted by molar-refractivity contribution is 5.89. The molecule has 0 heterocycles. The fraction of sp³-hybridized carbons (Fsp3) is 0.417. The largest absolute Gasteiger partial charge is 0.508 e. The molecule has 1 aromatic rings. The van der Waals surface area contributed by atoms with Crippen molar-refractivity contribution >= 4 is 5.97 Å². The number of aromatic hydroxyl groups is 1. The summed E-state index contributed by atoms with van der Waals surface area (Å²) in [6.45, 7) is -1.79. The number of rotatable bonds is 6. The van der Waals surface area contributed by atoms with Gasteiger partial charge in [0.15, 0.2) is 0 Å². The molecule has 0 fully saturated rings. The van der Waals surface area contributed by atoms with Crippen LogP contribution in [0.2, 0.25) is 0 Å². The molecule has 1 rings (SSSR count). The molecule has 4 N–H and O–H groups in total. The van der Waals surface area contributed by atoms with Crippen LogP contribution in [0.4, 0.5) is 0 Å². The van der Waals surface area contributed by atoms with Gasteiger partial charge < -0.3 is 25.2 Å². The van der Waals surface area contributed by atoms with Gasteiger partial charge in [0.2, 0.25) is 0 Å². The molecule has 0 aliphatic rings. The van der Waals surface area contributed by atoms with Gasteiger partial charge in [-0.05, 0) is 24.3 Å². The number of phenolic OH excluding ortho intramolecular Hbond substituents is 1. The van der Waals surface area contributed by atoms with Gasteiger partial charge in [0, 0.05) is 0 Å². The molecule has 0 unspecified atom stereocenters. The second-order valence-corrected chi connectivity index (χ2v) is 4.10. The Labute approximate surface area is 104 Å². The van der Waals surface area contributed by atoms with Crippen LogP contribution >= 0.6 is 0 Å². The lowest BCUT2D eigenvalue weighted by Crippen LogP contribution is -2.39. The number of aliphatic hydroxyl groups is 3. The first-order valence-electron chi connectivity index (χ1n) is 5.35. The predicted octanol–water partition coefficient (Wildman–Crippen LogP) is -0.488. The van der Waals surface area contributed by atoms with Crippen molar-refractivity contribution in [3.63, 3.8) is 0 Å². The van der Waals surface area contributed by atoms with Crippen molar-refractivity contribution in [2.45, 2.75) is 0 Å². The molecule has 0 bridgehead atoms. The highest BCUT2D eigenvalue weighted by Crippen LogP contribution is 2.17. The minimum Gasteiger partial charge on any atom is -0.508 e. The lowest BCUT2D eigenvalue weighted by molar-refractivity contribution is -0.0441. The number of hydrogen-bond acceptors (Lipinski definition) is 6. The molecule has 0 saturated heterocycles. The molecule has 0 radical (unpaired) electrons. The molecule has 6 heteroatoms. The fourth-order valence-corrected chi connectivity index (χ4v) is 1.19. The summed E-state index contributed by atoms with van der Waals surface area (Å²) in [6.07, 6.45) is 0. The quantitative estimate of drug-likeness (QED) is 0.512. The van der Waals surface area contributed by atoms with Crippen LogP contribution in [0.3, 0.4) is 0 Å². The van der Waals surface area contributed by atoms with E-state index in [0.29, 0.717) is 0 Å². The normalized spacial score (nSPS) is 11.3. The Morgan fingerprint density at radius 3 is 2.00 bits per heavy atom. The lowest BCUT2D eigenvalue weighted by atomic mass is 9.93. The van der Waals surface area contributed by atoms with Gasteiger partial charge in [0.05, 0.1) is 30.8 Å². The molecule has 1 aromatic carbocycles. The van der Waals surface area contributed by atoms with E-state index in [-0.39, 0.29) is 17.9 Å². The van der Waals surface area contributed by atoms with Gasteiger partial charge in [-0.2, -0.15) is 0 Å². The van der Waals surface area contributed by atoms with Gasteiger partial charge in [-0.1, -0.05) is 0 Å². The third-order valence-corrected chi connectivity index (χ3v) is 2.62. The standard InChI is InChI=1S/C12H16O6/c13-5-12(6-14,7-15)8-18-11(17)9-1-3-10(16)4-2-9/h1-4,13-16H,5-8H2. The zero-order valence-electron chi connectivity index (χ0n) is 9.74. The van der Waals surface area contributed by atoms with Crippen LogP contribution in [-0.4, -0.2) is 52.8 Å². The topological polar surface area (TPSA) is 107 Å². The first-order valence-corrected chi connectivity index (χ1v) is 5.35. The van der Waals surface area contributed by atoms with Gasteiger partial charge >= 0.3 is 5.97 Å². The Bertz CT molecular complexity index is 374. The minimum absolute atomic E-state index is 0.0296. The molecule has 0 aliphatic carbocycles. The van der Waals surface area contributed by atoms with Crippen LogP contribution in [0.1, 0.15) is 10.4 Å². The first kappa shape index (κ1) is 14.4. The Hall–Kier alpha value is -1.63. The molecule has 0 aliphatic heterocycles. The van der Waals surface area contributed by atoms with Crippen LogP contribution in [0.15, 0.2) is 24.3 Å². The van der Waals surface area contributed by atoms with Crippen molar-refractivity contribution in [2.24, 2.45) is 5.41 Å². The van der Waals surface area contributed by atoms with E-state index in [2.05, 4.69) is 0 Å². The Kier molecular flexibility index (Phi) is 5.08. The fourth-order valence-electron chi connectivity index (χ4n) is 1.19. The maximum Gasteiger partial charge on any atom is 0.338 e. The number of carbonyl (C=O) groups excluding carboxylic acids is 1. The number of hydrogen-bond donors (Lipinski definition) is 4. The first-order chi connectivity index (χ1) is 8.56. The van der Waals surface area contributed by atoms with Gasteiger partial charge in [-0.3, -0.25) is 0 Å².